The average molecular weight is 1200 g/mol. The maximum Gasteiger partial charge on any atom is 0.490 e. The number of anilines is 2. The zero-order chi connectivity index (χ0) is 62.0. The van der Waals surface area contributed by atoms with Gasteiger partial charge in [-0.3, -0.25) is 14.5 Å². The summed E-state index contributed by atoms with van der Waals surface area (Å²) >= 11 is 5.98. The molecular formula is C50H64ClF6N9O16. The first kappa shape index (κ1) is 69.4. The molecule has 2 heterocycles. The van der Waals surface area contributed by atoms with Gasteiger partial charge in [-0.1, -0.05) is 60.1 Å². The summed E-state index contributed by atoms with van der Waals surface area (Å²) in [6.45, 7) is 3.32. The molecule has 8 unspecified atom stereocenters. The third-order valence-corrected chi connectivity index (χ3v) is 12.6. The number of nitrogens with zero attached hydrogens (tertiary/aromatic N) is 5. The molecule has 0 bridgehead atoms. The molecule has 2 amide bonds. The number of nitrogen functional groups attached to an aromatic ring is 2. The van der Waals surface area contributed by atoms with Crippen LogP contribution in [0.1, 0.15) is 51.6 Å². The summed E-state index contributed by atoms with van der Waals surface area (Å²) in [5, 5.41) is 122. The molecular weight excluding hydrogens is 1130 g/mol. The van der Waals surface area contributed by atoms with E-state index >= 15 is 0 Å². The van der Waals surface area contributed by atoms with Gasteiger partial charge in [0.2, 0.25) is 0 Å². The molecule has 0 spiro atoms. The Balaban J connectivity index is 0.00000111. The number of rotatable bonds is 25. The number of carbonyl (C=O) groups is 4. The second kappa shape index (κ2) is 31.5. The largest absolute Gasteiger partial charge is 0.542 e. The molecule has 5 aromatic rings. The molecule has 17 N–H and O–H groups in total. The number of carboxylic acid groups (broad SMARTS) is 2. The van der Waals surface area contributed by atoms with Crippen LogP contribution in [0.4, 0.5) is 38.0 Å². The van der Waals surface area contributed by atoms with E-state index in [-0.39, 0.29) is 54.6 Å². The molecule has 0 aliphatic carbocycles. The fraction of sp³-hybridized carbons (Fsp3) is 0.460. The van der Waals surface area contributed by atoms with Gasteiger partial charge < -0.3 is 88.2 Å². The highest BCUT2D eigenvalue weighted by Crippen LogP contribution is 2.23. The average Bonchev–Trinajstić information content (AvgIpc) is 3.87. The molecule has 0 saturated carbocycles. The number of aliphatic hydroxyl groups excluding tert-OH is 10. The van der Waals surface area contributed by atoms with Gasteiger partial charge in [0.1, 0.15) is 49.1 Å². The Labute approximate surface area is 467 Å². The Morgan fingerprint density at radius 2 is 1.16 bits per heavy atom. The molecule has 3 aromatic carbocycles. The minimum absolute atomic E-state index is 0.0772. The summed E-state index contributed by atoms with van der Waals surface area (Å²) in [5.41, 5.74) is 17.3. The van der Waals surface area contributed by atoms with Gasteiger partial charge in [0.15, 0.2) is 33.5 Å². The van der Waals surface area contributed by atoms with Gasteiger partial charge in [-0.2, -0.15) is 26.3 Å². The zero-order valence-electron chi connectivity index (χ0n) is 43.7. The second-order valence-corrected chi connectivity index (χ2v) is 18.4. The molecule has 0 radical (unpaired) electrons. The number of hydrogen-bond donors (Lipinski definition) is 15. The van der Waals surface area contributed by atoms with Crippen molar-refractivity contribution in [2.45, 2.75) is 108 Å². The standard InChI is InChI=1S/C46H62ClN9O12.2C2HF3O2/c1-3-55-30-14-13-29(19-31(30)56(4-2)36(55)20-51-46(68)37-43(48)53-44(49)42(47)52-37)45(67)50-17-15-25-5-9-27(10-6-25)28-11-7-26(8-12-28)16-18-54(21-32(59)38(63)40(65)34(61)23-57)22-33(60)39(64)41(66)35(62)24-58;2*3-2(4,5)1(6)7/h5-14,19,32-35,38-41,57-66H,3-4,15-18,20-24H2,1-2H3,(H5-,48,49,50,51,53,67,68);2*(H,6,7). The van der Waals surface area contributed by atoms with Crippen LogP contribution in [0.15, 0.2) is 66.7 Å². The van der Waals surface area contributed by atoms with Crippen LogP contribution in [0.3, 0.4) is 0 Å². The number of carboxylic acids is 2. The van der Waals surface area contributed by atoms with Crippen LogP contribution < -0.4 is 31.8 Å². The fourth-order valence-electron chi connectivity index (χ4n) is 7.85. The third kappa shape index (κ3) is 19.9. The maximum atomic E-state index is 13.4. The lowest BCUT2D eigenvalue weighted by atomic mass is 10.00. The number of halogens is 7. The van der Waals surface area contributed by atoms with Crippen molar-refractivity contribution in [3.05, 3.63) is 100 Å². The summed E-state index contributed by atoms with van der Waals surface area (Å²) in [4.78, 5) is 53.4. The molecule has 8 atom stereocenters. The van der Waals surface area contributed by atoms with E-state index in [9.17, 15) is 76.8 Å². The number of aryl methyl sites for hydroxylation is 2. The Kier molecular flexibility index (Phi) is 26.7. The molecule has 0 aliphatic rings. The number of alkyl halides is 6. The normalized spacial score (nSPS) is 14.7. The van der Waals surface area contributed by atoms with E-state index in [1.54, 1.807) is 6.07 Å². The van der Waals surface area contributed by atoms with Crippen molar-refractivity contribution in [1.82, 2.24) is 30.1 Å². The lowest BCUT2D eigenvalue weighted by Gasteiger charge is -2.33. The number of hydrogen-bond acceptors (Lipinski definition) is 20. The highest BCUT2D eigenvalue weighted by atomic mass is 35.5. The smallest absolute Gasteiger partial charge is 0.490 e. The van der Waals surface area contributed by atoms with E-state index in [0.29, 0.717) is 38.0 Å². The Morgan fingerprint density at radius 1 is 0.695 bits per heavy atom. The van der Waals surface area contributed by atoms with Crippen molar-refractivity contribution in [2.24, 2.45) is 0 Å². The quantitative estimate of drug-likeness (QED) is 0.0218. The lowest BCUT2D eigenvalue weighted by molar-refractivity contribution is -0.676. The van der Waals surface area contributed by atoms with Crippen LogP contribution in [-0.2, 0) is 42.1 Å². The first-order valence-electron chi connectivity index (χ1n) is 24.7. The Hall–Kier alpha value is -6.88. The molecule has 82 heavy (non-hydrogen) atoms. The third-order valence-electron chi connectivity index (χ3n) is 12.3. The van der Waals surface area contributed by atoms with Crippen LogP contribution in [0.5, 0.6) is 0 Å². The van der Waals surface area contributed by atoms with E-state index in [1.165, 1.54) is 4.90 Å². The number of nitrogens with one attached hydrogen (secondary N) is 2. The SMILES string of the molecule is CCn1c(CNC(=O)c2nc(Cl)c(N)nc2N)[n+](CC)c2ccc(C(=O)NCCc3ccc(-c4ccc(CCN(CC(O)C(O)C(O)C(O)CO)CC(O)C(O)C(O)C(O)CO)cc4)cc3)cc21.O=C(O)C(F)(F)F.O=C([O-])C(F)(F)F. The van der Waals surface area contributed by atoms with Gasteiger partial charge in [-0.25, -0.2) is 23.9 Å². The van der Waals surface area contributed by atoms with Crippen molar-refractivity contribution >= 4 is 58.0 Å². The number of aromatic nitrogens is 4. The summed E-state index contributed by atoms with van der Waals surface area (Å²) in [6, 6.07) is 21.0. The number of nitrogens with two attached hydrogens (primary N) is 2. The zero-order valence-corrected chi connectivity index (χ0v) is 44.5. The number of aliphatic carboxylic acids is 2. The molecule has 0 aliphatic heterocycles. The molecule has 32 heteroatoms. The van der Waals surface area contributed by atoms with E-state index in [0.717, 1.165) is 39.1 Å². The highest BCUT2D eigenvalue weighted by Gasteiger charge is 2.38. The monoisotopic (exact) mass is 1200 g/mol. The summed E-state index contributed by atoms with van der Waals surface area (Å²) < 4.78 is 67.4. The Morgan fingerprint density at radius 3 is 1.59 bits per heavy atom. The van der Waals surface area contributed by atoms with Crippen LogP contribution in [0, 0.1) is 0 Å². The number of fused-ring (bicyclic) bond motifs is 1. The minimum atomic E-state index is -5.19. The molecule has 0 fully saturated rings. The van der Waals surface area contributed by atoms with Gasteiger partial charge in [-0.05, 0) is 61.1 Å². The molecule has 5 rings (SSSR count). The Bertz CT molecular complexity index is 2840. The van der Waals surface area contributed by atoms with E-state index in [1.807, 2.05) is 79.1 Å². The van der Waals surface area contributed by atoms with Crippen LogP contribution in [0.25, 0.3) is 22.2 Å². The predicted octanol–water partition coefficient (Wildman–Crippen LogP) is -2.21. The van der Waals surface area contributed by atoms with Gasteiger partial charge in [0.25, 0.3) is 17.6 Å². The van der Waals surface area contributed by atoms with Gasteiger partial charge in [-0.15, -0.1) is 0 Å². The maximum absolute atomic E-state index is 13.4. The first-order valence-corrected chi connectivity index (χ1v) is 25.0. The molecule has 0 saturated heterocycles. The van der Waals surface area contributed by atoms with E-state index in [2.05, 4.69) is 25.2 Å². The number of benzene rings is 3. The second-order valence-electron chi connectivity index (χ2n) is 18.0. The highest BCUT2D eigenvalue weighted by molar-refractivity contribution is 6.31. The van der Waals surface area contributed by atoms with Crippen LogP contribution in [0.2, 0.25) is 5.15 Å². The molecule has 2 aromatic heterocycles. The molecule has 25 nitrogen and oxygen atoms in total. The van der Waals surface area contributed by atoms with E-state index in [4.69, 9.17) is 53.1 Å². The lowest BCUT2D eigenvalue weighted by Crippen LogP contribution is -2.53. The van der Waals surface area contributed by atoms with Crippen LogP contribution >= 0.6 is 11.6 Å². The minimum Gasteiger partial charge on any atom is -0.542 e. The fourth-order valence-corrected chi connectivity index (χ4v) is 7.97. The summed E-state index contributed by atoms with van der Waals surface area (Å²) in [5.74, 6) is -5.99. The number of aliphatic hydroxyl groups is 10. The van der Waals surface area contributed by atoms with Crippen molar-refractivity contribution in [3.8, 4) is 11.1 Å². The topological polar surface area (TPSA) is 428 Å². The molecule has 454 valence electrons. The first-order chi connectivity index (χ1) is 38.3. The van der Waals surface area contributed by atoms with Gasteiger partial charge in [0.05, 0.1) is 38.5 Å². The van der Waals surface area contributed by atoms with Crippen molar-refractivity contribution in [2.75, 3.05) is 50.9 Å². The predicted molar refractivity (Wildman–Crippen MR) is 276 cm³/mol. The van der Waals surface area contributed by atoms with E-state index < -0.39 is 92.2 Å². The van der Waals surface area contributed by atoms with Crippen molar-refractivity contribution in [3.63, 3.8) is 0 Å². The number of carbonyl (C=O) groups excluding carboxylic acids is 3. The summed E-state index contributed by atoms with van der Waals surface area (Å²) in [6.07, 6.45) is -23.7. The summed E-state index contributed by atoms with van der Waals surface area (Å²) in [7, 11) is 0. The number of amides is 2. The van der Waals surface area contributed by atoms with Gasteiger partial charge in [0, 0.05) is 37.8 Å². The van der Waals surface area contributed by atoms with Crippen LogP contribution in [-0.4, -0.2) is 200 Å². The van der Waals surface area contributed by atoms with Crippen molar-refractivity contribution < 1.29 is 111 Å². The number of imidazole rings is 1. The van der Waals surface area contributed by atoms with Gasteiger partial charge >= 0.3 is 18.3 Å². The van der Waals surface area contributed by atoms with Crippen molar-refractivity contribution in [1.29, 1.82) is 0 Å².